The zero-order valence-corrected chi connectivity index (χ0v) is 16.3. The summed E-state index contributed by atoms with van der Waals surface area (Å²) in [7, 11) is 1.43. The zero-order valence-electron chi connectivity index (χ0n) is 16.3. The van der Waals surface area contributed by atoms with Gasteiger partial charge in [-0.1, -0.05) is 0 Å². The molecule has 3 aromatic rings. The second-order valence-electron chi connectivity index (χ2n) is 7.29. The molecule has 0 bridgehead atoms. The summed E-state index contributed by atoms with van der Waals surface area (Å²) in [5.41, 5.74) is 8.72. The maximum Gasteiger partial charge on any atom is 0.310 e. The van der Waals surface area contributed by atoms with Crippen LogP contribution in [0, 0.1) is 12.8 Å². The van der Waals surface area contributed by atoms with Crippen molar-refractivity contribution < 1.29 is 9.53 Å². The second-order valence-corrected chi connectivity index (χ2v) is 7.29. The van der Waals surface area contributed by atoms with E-state index in [-0.39, 0.29) is 23.9 Å². The molecule has 2 N–H and O–H groups in total. The van der Waals surface area contributed by atoms with Crippen molar-refractivity contribution in [2.24, 2.45) is 5.92 Å². The monoisotopic (exact) mass is 380 g/mol. The van der Waals surface area contributed by atoms with Gasteiger partial charge in [0.05, 0.1) is 30.4 Å². The Morgan fingerprint density at radius 1 is 1.29 bits per heavy atom. The first-order valence-corrected chi connectivity index (χ1v) is 9.39. The van der Waals surface area contributed by atoms with E-state index in [2.05, 4.69) is 26.8 Å². The number of pyridine rings is 1. The van der Waals surface area contributed by atoms with Crippen molar-refractivity contribution in [1.82, 2.24) is 19.4 Å². The lowest BCUT2D eigenvalue weighted by Gasteiger charge is -2.37. The highest BCUT2D eigenvalue weighted by molar-refractivity contribution is 5.74. The van der Waals surface area contributed by atoms with Crippen LogP contribution >= 0.6 is 0 Å². The number of ether oxygens (including phenoxy) is 1. The lowest BCUT2D eigenvalue weighted by molar-refractivity contribution is -0.145. The molecule has 0 radical (unpaired) electrons. The van der Waals surface area contributed by atoms with E-state index in [9.17, 15) is 4.79 Å². The van der Waals surface area contributed by atoms with E-state index >= 15 is 0 Å². The Bertz CT molecular complexity index is 1030. The Kier molecular flexibility index (Phi) is 4.62. The van der Waals surface area contributed by atoms with Crippen LogP contribution in [-0.4, -0.2) is 45.0 Å². The van der Waals surface area contributed by atoms with Crippen molar-refractivity contribution in [3.05, 3.63) is 36.4 Å². The second kappa shape index (κ2) is 7.10. The maximum atomic E-state index is 12.0. The number of nitrogens with zero attached hydrogens (tertiary/aromatic N) is 5. The number of rotatable bonds is 3. The Balaban J connectivity index is 1.71. The number of imidazole rings is 1. The molecule has 4 rings (SSSR count). The number of nitrogen functional groups attached to an aromatic ring is 1. The van der Waals surface area contributed by atoms with Crippen LogP contribution in [0.25, 0.3) is 16.8 Å². The van der Waals surface area contributed by atoms with Crippen molar-refractivity contribution in [2.75, 3.05) is 24.3 Å². The summed E-state index contributed by atoms with van der Waals surface area (Å²) in [4.78, 5) is 27.3. The molecule has 0 amide bonds. The van der Waals surface area contributed by atoms with Crippen LogP contribution in [0.3, 0.4) is 0 Å². The van der Waals surface area contributed by atoms with Crippen molar-refractivity contribution >= 4 is 23.3 Å². The minimum atomic E-state index is -0.180. The molecule has 4 heterocycles. The van der Waals surface area contributed by atoms with Gasteiger partial charge < -0.3 is 19.8 Å². The average Bonchev–Trinajstić information content (AvgIpc) is 3.07. The molecule has 1 unspecified atom stereocenters. The summed E-state index contributed by atoms with van der Waals surface area (Å²) in [5.74, 6) is 1.50. The third kappa shape index (κ3) is 3.26. The van der Waals surface area contributed by atoms with Crippen LogP contribution in [0.2, 0.25) is 0 Å². The molecule has 1 aliphatic rings. The van der Waals surface area contributed by atoms with Crippen LogP contribution < -0.4 is 10.6 Å². The Hall–Kier alpha value is -3.16. The summed E-state index contributed by atoms with van der Waals surface area (Å²) >= 11 is 0. The number of hydrogen-bond donors (Lipinski definition) is 1. The fourth-order valence-electron chi connectivity index (χ4n) is 3.80. The number of aromatic nitrogens is 4. The Morgan fingerprint density at radius 2 is 2.11 bits per heavy atom. The molecule has 3 aromatic heterocycles. The van der Waals surface area contributed by atoms with Crippen molar-refractivity contribution in [3.8, 4) is 11.3 Å². The minimum absolute atomic E-state index is 0.161. The van der Waals surface area contributed by atoms with Gasteiger partial charge in [0.1, 0.15) is 11.6 Å². The fraction of sp³-hybridized carbons (Fsp3) is 0.400. The number of fused-ring (bicyclic) bond motifs is 1. The van der Waals surface area contributed by atoms with Crippen LogP contribution in [0.5, 0.6) is 0 Å². The molecule has 0 aliphatic carbocycles. The van der Waals surface area contributed by atoms with Crippen LogP contribution in [0.1, 0.15) is 25.6 Å². The number of aryl methyl sites for hydroxylation is 1. The van der Waals surface area contributed by atoms with Crippen LogP contribution in [-0.2, 0) is 9.53 Å². The Labute approximate surface area is 163 Å². The summed E-state index contributed by atoms with van der Waals surface area (Å²) in [6.45, 7) is 4.65. The molecule has 28 heavy (non-hydrogen) atoms. The highest BCUT2D eigenvalue weighted by Gasteiger charge is 2.31. The number of piperidine rings is 1. The minimum Gasteiger partial charge on any atom is -0.469 e. The standard InChI is InChI=1S/C20H24N6O2/c1-12-4-5-15(19(27)28-3)11-25(12)18-8-17(23-20(21)24-18)14-6-7-16-9-22-13(2)26(16)10-14/h6-10,12,15H,4-5,11H2,1-3H3,(H2,21,23,24)/t12?,15-/m0/s1. The van der Waals surface area contributed by atoms with Gasteiger partial charge in [-0.05, 0) is 38.8 Å². The predicted molar refractivity (Wildman–Crippen MR) is 107 cm³/mol. The molecule has 0 spiro atoms. The molecule has 146 valence electrons. The van der Waals surface area contributed by atoms with E-state index in [4.69, 9.17) is 10.5 Å². The maximum absolute atomic E-state index is 12.0. The molecule has 0 saturated carbocycles. The van der Waals surface area contributed by atoms with Gasteiger partial charge in [-0.25, -0.2) is 9.97 Å². The number of nitrogens with two attached hydrogens (primary N) is 1. The lowest BCUT2D eigenvalue weighted by Crippen LogP contribution is -2.45. The van der Waals surface area contributed by atoms with Gasteiger partial charge in [0.2, 0.25) is 5.95 Å². The molecular weight excluding hydrogens is 356 g/mol. The van der Waals surface area contributed by atoms with Gasteiger partial charge in [-0.2, -0.15) is 4.98 Å². The van der Waals surface area contributed by atoms with Gasteiger partial charge in [0.15, 0.2) is 0 Å². The van der Waals surface area contributed by atoms with E-state index in [1.165, 1.54) is 7.11 Å². The first-order valence-electron chi connectivity index (χ1n) is 9.39. The zero-order chi connectivity index (χ0) is 19.8. The van der Waals surface area contributed by atoms with Crippen molar-refractivity contribution in [3.63, 3.8) is 0 Å². The van der Waals surface area contributed by atoms with Crippen molar-refractivity contribution in [2.45, 2.75) is 32.7 Å². The van der Waals surface area contributed by atoms with Crippen LogP contribution in [0.4, 0.5) is 11.8 Å². The summed E-state index contributed by atoms with van der Waals surface area (Å²) in [5, 5.41) is 0. The summed E-state index contributed by atoms with van der Waals surface area (Å²) < 4.78 is 6.96. The molecule has 0 aromatic carbocycles. The van der Waals surface area contributed by atoms with Crippen LogP contribution in [0.15, 0.2) is 30.6 Å². The van der Waals surface area contributed by atoms with Gasteiger partial charge in [0.25, 0.3) is 0 Å². The lowest BCUT2D eigenvalue weighted by atomic mass is 9.93. The van der Waals surface area contributed by atoms with E-state index in [1.54, 1.807) is 0 Å². The predicted octanol–water partition coefficient (Wildman–Crippen LogP) is 2.46. The molecule has 2 atom stereocenters. The molecule has 1 saturated heterocycles. The number of hydrogen-bond acceptors (Lipinski definition) is 7. The first-order chi connectivity index (χ1) is 13.5. The highest BCUT2D eigenvalue weighted by atomic mass is 16.5. The van der Waals surface area contributed by atoms with Gasteiger partial charge in [0, 0.05) is 30.4 Å². The van der Waals surface area contributed by atoms with E-state index in [0.717, 1.165) is 41.3 Å². The third-order valence-corrected chi connectivity index (χ3v) is 5.45. The first kappa shape index (κ1) is 18.2. The number of methoxy groups -OCH3 is 1. The van der Waals surface area contributed by atoms with E-state index < -0.39 is 0 Å². The molecule has 1 aliphatic heterocycles. The van der Waals surface area contributed by atoms with Gasteiger partial charge >= 0.3 is 5.97 Å². The molecule has 8 nitrogen and oxygen atoms in total. The Morgan fingerprint density at radius 3 is 2.89 bits per heavy atom. The van der Waals surface area contributed by atoms with E-state index in [0.29, 0.717) is 6.54 Å². The quantitative estimate of drug-likeness (QED) is 0.697. The number of carbonyl (C=O) groups excluding carboxylic acids is 1. The molecular formula is C20H24N6O2. The number of carbonyl (C=O) groups is 1. The SMILES string of the molecule is COC(=O)[C@H]1CCC(C)N(c2cc(-c3ccc4cnc(C)n4c3)nc(N)n2)C1. The largest absolute Gasteiger partial charge is 0.469 e. The highest BCUT2D eigenvalue weighted by Crippen LogP contribution is 2.30. The van der Waals surface area contributed by atoms with Crippen molar-refractivity contribution in [1.29, 1.82) is 0 Å². The van der Waals surface area contributed by atoms with E-state index in [1.807, 2.05) is 41.9 Å². The topological polar surface area (TPSA) is 98.6 Å². The number of anilines is 2. The third-order valence-electron chi connectivity index (χ3n) is 5.45. The normalized spacial score (nSPS) is 19.8. The smallest absolute Gasteiger partial charge is 0.310 e. The summed E-state index contributed by atoms with van der Waals surface area (Å²) in [6, 6.07) is 6.18. The van der Waals surface area contributed by atoms with Gasteiger partial charge in [-0.15, -0.1) is 0 Å². The molecule has 8 heteroatoms. The molecule has 1 fully saturated rings. The van der Waals surface area contributed by atoms with Gasteiger partial charge in [-0.3, -0.25) is 4.79 Å². The number of esters is 1. The fourth-order valence-corrected chi connectivity index (χ4v) is 3.80. The average molecular weight is 380 g/mol. The summed E-state index contributed by atoms with van der Waals surface area (Å²) in [6.07, 6.45) is 5.54.